The first-order chi connectivity index (χ1) is 14.6. The molecule has 0 aliphatic heterocycles. The third kappa shape index (κ3) is 29.8. The topological polar surface area (TPSA) is 89.3 Å². The van der Waals surface area contributed by atoms with Gasteiger partial charge in [-0.25, -0.2) is 0 Å². The molecule has 0 rings (SSSR count). The average Bonchev–Trinajstić information content (AvgIpc) is 2.62. The van der Waals surface area contributed by atoms with Crippen molar-refractivity contribution in [2.24, 2.45) is 9.98 Å². The van der Waals surface area contributed by atoms with Crippen molar-refractivity contribution in [1.82, 2.24) is 0 Å². The number of nitrogens with zero attached hydrogens (tertiary/aromatic N) is 2. The molecule has 0 aromatic carbocycles. The van der Waals surface area contributed by atoms with Crippen LogP contribution in [-0.2, 0) is 29.6 Å². The first kappa shape index (κ1) is 40.0. The Hall–Kier alpha value is -0.151. The first-order valence-electron chi connectivity index (χ1n) is 11.2. The summed E-state index contributed by atoms with van der Waals surface area (Å²) in [7, 11) is 0.241. The molecule has 0 aliphatic rings. The fourth-order valence-electron chi connectivity index (χ4n) is 1.77. The van der Waals surface area contributed by atoms with Gasteiger partial charge in [-0.15, -0.1) is 0 Å². The van der Waals surface area contributed by atoms with Gasteiger partial charge in [-0.05, 0) is 57.4 Å². The zero-order valence-corrected chi connectivity index (χ0v) is 26.9. The number of ether oxygens (including phenoxy) is 2. The summed E-state index contributed by atoms with van der Waals surface area (Å²) >= 11 is 0. The van der Waals surface area contributed by atoms with Crippen LogP contribution in [0.15, 0.2) is 33.7 Å². The minimum atomic E-state index is -0.832. The minimum Gasteiger partial charge on any atom is -0.873 e. The van der Waals surface area contributed by atoms with Gasteiger partial charge in [0.15, 0.2) is 0 Å². The Kier molecular flexibility index (Phi) is 28.6. The number of aliphatic imine (C=N–C) groups is 2. The second-order valence-electron chi connectivity index (χ2n) is 9.06. The normalized spacial score (nSPS) is 13.0. The molecule has 0 atom stereocenters. The molecule has 33 heavy (non-hydrogen) atoms. The predicted molar refractivity (Wildman–Crippen MR) is 146 cm³/mol. The van der Waals surface area contributed by atoms with Gasteiger partial charge < -0.3 is 19.7 Å². The van der Waals surface area contributed by atoms with Crippen LogP contribution in [-0.4, -0.2) is 89.9 Å². The molecular weight excluding hydrogens is 541 g/mol. The zero-order valence-electron chi connectivity index (χ0n) is 23.0. The van der Waals surface area contributed by atoms with E-state index in [0.29, 0.717) is 26.3 Å². The van der Waals surface area contributed by atoms with Crippen molar-refractivity contribution in [2.75, 3.05) is 66.3 Å². The Bertz CT molecular complexity index is 521. The Morgan fingerprint density at radius 1 is 0.697 bits per heavy atom. The molecule has 0 heterocycles. The standard InChI is InChI=1S/C18H32N2O4.2C3H9P.Tc/c1-7-23-17(3,4)15(21)9-11-19-13-14-20-12-10-16(22)18(5,6)24-8-2;2*1-4(2)3;/h9-12,21-22H,7-8,13-14H2,1-6H3;2*1-3H3;/b15-9-,16-10-,19-11?,20-12?;;;/i;;;1+1. The van der Waals surface area contributed by atoms with E-state index in [-0.39, 0.29) is 47.5 Å². The largest absolute Gasteiger partial charge is 0.873 e. The fraction of sp³-hybridized carbons (Fsp3) is 0.750. The minimum absolute atomic E-state index is 0. The molecule has 0 fully saturated rings. The molecule has 6 nitrogen and oxygen atoms in total. The Balaban J connectivity index is -0.000000401. The van der Waals surface area contributed by atoms with E-state index in [4.69, 9.17) is 9.47 Å². The van der Waals surface area contributed by atoms with Crippen molar-refractivity contribution >= 4 is 28.3 Å². The van der Waals surface area contributed by atoms with Gasteiger partial charge >= 0.3 is 0 Å². The van der Waals surface area contributed by atoms with Gasteiger partial charge in [0.1, 0.15) is 0 Å². The second kappa shape index (κ2) is 23.6. The van der Waals surface area contributed by atoms with Crippen LogP contribution >= 0.6 is 15.8 Å². The van der Waals surface area contributed by atoms with Crippen molar-refractivity contribution < 1.29 is 39.8 Å². The summed E-state index contributed by atoms with van der Waals surface area (Å²) in [5, 5.41) is 23.7. The maximum absolute atomic E-state index is 11.9. The molecule has 0 saturated carbocycles. The van der Waals surface area contributed by atoms with Gasteiger partial charge in [0, 0.05) is 85.7 Å². The van der Waals surface area contributed by atoms with E-state index in [1.807, 2.05) is 13.8 Å². The van der Waals surface area contributed by atoms with Crippen molar-refractivity contribution in [3.05, 3.63) is 23.7 Å². The van der Waals surface area contributed by atoms with E-state index in [0.717, 1.165) is 0 Å². The van der Waals surface area contributed by atoms with Crippen LogP contribution in [0.1, 0.15) is 41.5 Å². The Morgan fingerprint density at radius 2 is 0.939 bits per heavy atom. The van der Waals surface area contributed by atoms with Crippen LogP contribution in [0.2, 0.25) is 0 Å². The van der Waals surface area contributed by atoms with Crippen LogP contribution in [0.5, 0.6) is 0 Å². The molecule has 1 radical (unpaired) electrons. The van der Waals surface area contributed by atoms with Gasteiger partial charge in [0.2, 0.25) is 0 Å². The van der Waals surface area contributed by atoms with E-state index in [1.54, 1.807) is 27.7 Å². The maximum atomic E-state index is 11.9. The number of hydrogen-bond acceptors (Lipinski definition) is 6. The SMILES string of the molecule is CCOC(C)(C)/C([O-])=C/C=NCCN=C/C=C(\[O-])C(C)(C)OCC.C[PH+](C)C.C[PH+](C)C.[99Tc]. The van der Waals surface area contributed by atoms with E-state index >= 15 is 0 Å². The van der Waals surface area contributed by atoms with Crippen molar-refractivity contribution in [3.63, 3.8) is 0 Å². The Morgan fingerprint density at radius 3 is 1.15 bits per heavy atom. The smallest absolute Gasteiger partial charge is 0.0737 e. The molecule has 0 bridgehead atoms. The Labute approximate surface area is 220 Å². The van der Waals surface area contributed by atoms with E-state index in [9.17, 15) is 10.2 Å². The molecule has 0 N–H and O–H groups in total. The molecular formula is C24H50N2O4P2Tc. The molecule has 0 aliphatic carbocycles. The molecule has 0 saturated heterocycles. The van der Waals surface area contributed by atoms with Crippen LogP contribution in [0, 0.1) is 0 Å². The van der Waals surface area contributed by atoms with Crippen molar-refractivity contribution in [3.8, 4) is 0 Å². The van der Waals surface area contributed by atoms with E-state index in [2.05, 4.69) is 50.0 Å². The third-order valence-electron chi connectivity index (χ3n) is 3.22. The van der Waals surface area contributed by atoms with E-state index < -0.39 is 11.2 Å². The number of rotatable bonds is 11. The summed E-state index contributed by atoms with van der Waals surface area (Å²) in [6, 6.07) is 0. The molecule has 0 spiro atoms. The summed E-state index contributed by atoms with van der Waals surface area (Å²) < 4.78 is 10.7. The monoisotopic (exact) mass is 591 g/mol. The van der Waals surface area contributed by atoms with Crippen LogP contribution in [0.4, 0.5) is 0 Å². The van der Waals surface area contributed by atoms with Crippen LogP contribution < -0.4 is 10.2 Å². The zero-order chi connectivity index (χ0) is 25.8. The summed E-state index contributed by atoms with van der Waals surface area (Å²) in [5.74, 6) is -0.262. The summed E-state index contributed by atoms with van der Waals surface area (Å²) in [5.41, 5.74) is -1.66. The summed E-state index contributed by atoms with van der Waals surface area (Å²) in [6.45, 7) is 26.0. The second-order valence-corrected chi connectivity index (χ2v) is 15.1. The maximum Gasteiger partial charge on any atom is 0.0737 e. The fourth-order valence-corrected chi connectivity index (χ4v) is 1.77. The first-order valence-corrected chi connectivity index (χ1v) is 17.2. The third-order valence-corrected chi connectivity index (χ3v) is 3.22. The van der Waals surface area contributed by atoms with Gasteiger partial charge in [0.25, 0.3) is 0 Å². The molecule has 197 valence electrons. The molecule has 0 aromatic rings. The van der Waals surface area contributed by atoms with Gasteiger partial charge in [-0.3, -0.25) is 9.98 Å². The van der Waals surface area contributed by atoms with Crippen molar-refractivity contribution in [2.45, 2.75) is 52.7 Å². The predicted octanol–water partition coefficient (Wildman–Crippen LogP) is 3.42. The summed E-state index contributed by atoms with van der Waals surface area (Å²) in [4.78, 5) is 8.17. The average molecular weight is 592 g/mol. The van der Waals surface area contributed by atoms with E-state index in [1.165, 1.54) is 24.6 Å². The van der Waals surface area contributed by atoms with Gasteiger partial charge in [-0.1, -0.05) is 23.7 Å². The molecule has 0 aromatic heterocycles. The molecule has 0 amide bonds. The van der Waals surface area contributed by atoms with Crippen molar-refractivity contribution in [1.29, 1.82) is 0 Å². The quantitative estimate of drug-likeness (QED) is 0.160. The molecule has 0 unspecified atom stereocenters. The number of hydrogen-bond donors (Lipinski definition) is 0. The number of allylic oxidation sites excluding steroid dienone is 2. The summed E-state index contributed by atoms with van der Waals surface area (Å²) in [6.07, 6.45) is 5.73. The molecule has 9 heteroatoms. The van der Waals surface area contributed by atoms with Crippen LogP contribution in [0.25, 0.3) is 0 Å². The van der Waals surface area contributed by atoms with Crippen LogP contribution in [0.3, 0.4) is 0 Å². The van der Waals surface area contributed by atoms with Gasteiger partial charge in [-0.2, -0.15) is 0 Å². The van der Waals surface area contributed by atoms with Gasteiger partial charge in [0.05, 0.1) is 24.3 Å².